The van der Waals surface area contributed by atoms with Crippen LogP contribution in [0.15, 0.2) is 12.1 Å². The first-order valence-electron chi connectivity index (χ1n) is 6.41. The van der Waals surface area contributed by atoms with Gasteiger partial charge in [-0.2, -0.15) is 0 Å². The van der Waals surface area contributed by atoms with Gasteiger partial charge in [-0.1, -0.05) is 24.7 Å². The van der Waals surface area contributed by atoms with Gasteiger partial charge < -0.3 is 5.32 Å². The lowest BCUT2D eigenvalue weighted by molar-refractivity contribution is -0.380. The Morgan fingerprint density at radius 3 is 2.55 bits per heavy atom. The number of piperazine rings is 1. The second-order valence-electron chi connectivity index (χ2n) is 4.52. The molecule has 2 rings (SSSR count). The van der Waals surface area contributed by atoms with Gasteiger partial charge in [-0.15, -0.1) is 24.8 Å². The Bertz CT molecular complexity index is 411. The predicted molar refractivity (Wildman–Crippen MR) is 87.6 cm³/mol. The summed E-state index contributed by atoms with van der Waals surface area (Å²) in [7, 11) is 0. The second-order valence-corrected chi connectivity index (χ2v) is 5.62. The molecule has 0 radical (unpaired) electrons. The smallest absolute Gasteiger partial charge is 0.314 e. The van der Waals surface area contributed by atoms with Gasteiger partial charge in [-0.3, -0.25) is 15.0 Å². The van der Waals surface area contributed by atoms with E-state index in [2.05, 4.69) is 17.1 Å². The van der Waals surface area contributed by atoms with Crippen LogP contribution in [0.2, 0.25) is 0 Å². The highest BCUT2D eigenvalue weighted by atomic mass is 35.5. The maximum Gasteiger partial charge on any atom is 0.324 e. The highest BCUT2D eigenvalue weighted by Gasteiger charge is 2.24. The van der Waals surface area contributed by atoms with Crippen LogP contribution in [0.4, 0.5) is 5.00 Å². The van der Waals surface area contributed by atoms with Crippen LogP contribution in [0.25, 0.3) is 0 Å². The van der Waals surface area contributed by atoms with Gasteiger partial charge in [0.15, 0.2) is 0 Å². The van der Waals surface area contributed by atoms with Crippen molar-refractivity contribution in [2.24, 2.45) is 0 Å². The lowest BCUT2D eigenvalue weighted by atomic mass is 10.1. The number of nitrogens with zero attached hydrogens (tertiary/aromatic N) is 2. The summed E-state index contributed by atoms with van der Waals surface area (Å²) in [5, 5.41) is 14.4. The number of hydrogen-bond donors (Lipinski definition) is 1. The van der Waals surface area contributed by atoms with E-state index in [-0.39, 0.29) is 34.7 Å². The van der Waals surface area contributed by atoms with Gasteiger partial charge in [0.1, 0.15) is 0 Å². The number of rotatable bonds is 5. The van der Waals surface area contributed by atoms with Crippen molar-refractivity contribution in [2.45, 2.75) is 25.8 Å². The minimum Gasteiger partial charge on any atom is -0.314 e. The van der Waals surface area contributed by atoms with Crippen LogP contribution < -0.4 is 5.32 Å². The molecule has 0 spiro atoms. The van der Waals surface area contributed by atoms with Crippen molar-refractivity contribution in [3.05, 3.63) is 27.1 Å². The fourth-order valence-corrected chi connectivity index (χ4v) is 3.38. The largest absolute Gasteiger partial charge is 0.324 e. The summed E-state index contributed by atoms with van der Waals surface area (Å²) in [5.74, 6) is 0. The zero-order valence-electron chi connectivity index (χ0n) is 11.4. The van der Waals surface area contributed by atoms with E-state index >= 15 is 0 Å². The first kappa shape index (κ1) is 19.6. The molecule has 20 heavy (non-hydrogen) atoms. The molecule has 8 heteroatoms. The Labute approximate surface area is 135 Å². The molecule has 1 aliphatic heterocycles. The third-order valence-electron chi connectivity index (χ3n) is 3.28. The van der Waals surface area contributed by atoms with E-state index < -0.39 is 0 Å². The minimum absolute atomic E-state index is 0. The van der Waals surface area contributed by atoms with Crippen molar-refractivity contribution in [3.63, 3.8) is 0 Å². The Morgan fingerprint density at radius 2 is 2.05 bits per heavy atom. The Kier molecular flexibility index (Phi) is 9.33. The average molecular weight is 342 g/mol. The summed E-state index contributed by atoms with van der Waals surface area (Å²) < 4.78 is 0. The fraction of sp³-hybridized carbons (Fsp3) is 0.667. The molecule has 1 atom stereocenters. The highest BCUT2D eigenvalue weighted by molar-refractivity contribution is 7.15. The van der Waals surface area contributed by atoms with Crippen LogP contribution in [-0.2, 0) is 0 Å². The Hall–Kier alpha value is -0.400. The summed E-state index contributed by atoms with van der Waals surface area (Å²) in [6.45, 7) is 6.23. The minimum atomic E-state index is -0.297. The first-order chi connectivity index (χ1) is 8.72. The normalized spacial score (nSPS) is 16.9. The summed E-state index contributed by atoms with van der Waals surface area (Å²) in [5.41, 5.74) is 0. The van der Waals surface area contributed by atoms with Crippen LogP contribution in [0.1, 0.15) is 30.7 Å². The van der Waals surface area contributed by atoms with E-state index in [1.807, 2.05) is 6.07 Å². The van der Waals surface area contributed by atoms with Crippen molar-refractivity contribution >= 4 is 41.2 Å². The van der Waals surface area contributed by atoms with E-state index in [1.54, 1.807) is 6.07 Å². The number of nitro groups is 1. The van der Waals surface area contributed by atoms with Gasteiger partial charge >= 0.3 is 5.00 Å². The standard InChI is InChI=1S/C12H19N3O2S.2ClH/c1-2-3-10(14-8-6-13-7-9-14)11-4-5-12(18-11)15(16)17;;/h4-5,10,13H,2-3,6-9H2,1H3;2*1H/t10-;;/m1../s1. The summed E-state index contributed by atoms with van der Waals surface area (Å²) in [4.78, 5) is 14.0. The van der Waals surface area contributed by atoms with Crippen LogP contribution in [0.3, 0.4) is 0 Å². The van der Waals surface area contributed by atoms with Gasteiger partial charge in [0.2, 0.25) is 0 Å². The molecule has 5 nitrogen and oxygen atoms in total. The quantitative estimate of drug-likeness (QED) is 0.659. The topological polar surface area (TPSA) is 58.4 Å². The van der Waals surface area contributed by atoms with Crippen molar-refractivity contribution in [1.82, 2.24) is 10.2 Å². The van der Waals surface area contributed by atoms with Gasteiger partial charge in [-0.05, 0) is 12.5 Å². The molecule has 0 amide bonds. The van der Waals surface area contributed by atoms with E-state index in [9.17, 15) is 10.1 Å². The van der Waals surface area contributed by atoms with Crippen molar-refractivity contribution in [1.29, 1.82) is 0 Å². The average Bonchev–Trinajstić information content (AvgIpc) is 2.86. The molecular formula is C12H21Cl2N3O2S. The monoisotopic (exact) mass is 341 g/mol. The van der Waals surface area contributed by atoms with Crippen LogP contribution in [0, 0.1) is 10.1 Å². The third kappa shape index (κ3) is 4.86. The number of hydrogen-bond acceptors (Lipinski definition) is 5. The number of thiophene rings is 1. The molecule has 1 saturated heterocycles. The maximum atomic E-state index is 10.8. The molecule has 0 aromatic carbocycles. The Morgan fingerprint density at radius 1 is 1.40 bits per heavy atom. The molecule has 0 unspecified atom stereocenters. The van der Waals surface area contributed by atoms with Crippen molar-refractivity contribution < 1.29 is 4.92 Å². The van der Waals surface area contributed by atoms with Gasteiger partial charge in [0, 0.05) is 43.2 Å². The molecule has 1 fully saturated rings. The SMILES string of the molecule is CCC[C@H](c1ccc([N+](=O)[O-])s1)N1CCNCC1.Cl.Cl. The lowest BCUT2D eigenvalue weighted by Crippen LogP contribution is -2.44. The van der Waals surface area contributed by atoms with Crippen molar-refractivity contribution in [3.8, 4) is 0 Å². The lowest BCUT2D eigenvalue weighted by Gasteiger charge is -2.34. The zero-order valence-corrected chi connectivity index (χ0v) is 13.9. The van der Waals surface area contributed by atoms with Gasteiger partial charge in [0.05, 0.1) is 4.92 Å². The van der Waals surface area contributed by atoms with E-state index in [0.717, 1.165) is 43.9 Å². The highest BCUT2D eigenvalue weighted by Crippen LogP contribution is 2.34. The first-order valence-corrected chi connectivity index (χ1v) is 7.23. The van der Waals surface area contributed by atoms with E-state index in [1.165, 1.54) is 11.3 Å². The Balaban J connectivity index is 0.00000180. The zero-order chi connectivity index (χ0) is 13.0. The third-order valence-corrected chi connectivity index (χ3v) is 4.41. The number of halogens is 2. The van der Waals surface area contributed by atoms with Gasteiger partial charge in [0.25, 0.3) is 0 Å². The molecular weight excluding hydrogens is 321 g/mol. The van der Waals surface area contributed by atoms with Crippen LogP contribution in [-0.4, -0.2) is 36.0 Å². The number of nitrogens with one attached hydrogen (secondary N) is 1. The molecule has 0 bridgehead atoms. The molecule has 2 heterocycles. The van der Waals surface area contributed by atoms with E-state index in [4.69, 9.17) is 0 Å². The molecule has 0 aliphatic carbocycles. The predicted octanol–water partition coefficient (Wildman–Crippen LogP) is 3.25. The molecule has 0 saturated carbocycles. The fourth-order valence-electron chi connectivity index (χ4n) is 2.39. The molecule has 116 valence electrons. The summed E-state index contributed by atoms with van der Waals surface area (Å²) >= 11 is 1.32. The van der Waals surface area contributed by atoms with Crippen LogP contribution in [0.5, 0.6) is 0 Å². The summed E-state index contributed by atoms with van der Waals surface area (Å²) in [6, 6.07) is 3.89. The maximum absolute atomic E-state index is 10.8. The molecule has 1 aliphatic rings. The van der Waals surface area contributed by atoms with E-state index in [0.29, 0.717) is 6.04 Å². The molecule has 1 aromatic rings. The summed E-state index contributed by atoms with van der Waals surface area (Å²) in [6.07, 6.45) is 2.16. The van der Waals surface area contributed by atoms with Crippen LogP contribution >= 0.6 is 36.2 Å². The van der Waals surface area contributed by atoms with Gasteiger partial charge in [-0.25, -0.2) is 0 Å². The second kappa shape index (κ2) is 9.52. The van der Waals surface area contributed by atoms with Crippen molar-refractivity contribution in [2.75, 3.05) is 26.2 Å². The molecule has 1 aromatic heterocycles. The molecule has 1 N–H and O–H groups in total.